The maximum absolute atomic E-state index is 13.2. The monoisotopic (exact) mass is 566 g/mol. The molecule has 1 aliphatic heterocycles. The zero-order chi connectivity index (χ0) is 29.1. The molecule has 4 atom stereocenters. The van der Waals surface area contributed by atoms with Gasteiger partial charge < -0.3 is 24.4 Å². The number of phosphoric ester groups is 1. The molecule has 2 heterocycles. The van der Waals surface area contributed by atoms with Crippen molar-refractivity contribution in [2.75, 3.05) is 20.2 Å². The van der Waals surface area contributed by atoms with Gasteiger partial charge in [-0.3, -0.25) is 28.5 Å². The van der Waals surface area contributed by atoms with Gasteiger partial charge in [0.15, 0.2) is 6.23 Å². The Labute approximate surface area is 218 Å². The van der Waals surface area contributed by atoms with Crippen molar-refractivity contribution in [3.8, 4) is 0 Å². The van der Waals surface area contributed by atoms with Crippen LogP contribution in [0.4, 0.5) is 0 Å². The lowest BCUT2D eigenvalue weighted by Gasteiger charge is -2.27. The number of aliphatic hydroxyl groups excluding tert-OH is 1. The number of esters is 2. The molecule has 0 saturated carbocycles. The smallest absolute Gasteiger partial charge is 0.437 e. The zero-order valence-electron chi connectivity index (χ0n) is 22.3. The highest BCUT2D eigenvalue weighted by Crippen LogP contribution is 2.50. The number of hydrogen-bond acceptors (Lipinski definition) is 13. The number of ether oxygens (including phenoxy) is 3. The molecule has 1 aromatic rings. The van der Waals surface area contributed by atoms with Gasteiger partial charge in [0.05, 0.1) is 17.4 Å². The molecule has 0 radical (unpaired) electrons. The third kappa shape index (κ3) is 8.06. The summed E-state index contributed by atoms with van der Waals surface area (Å²) in [6.07, 6.45) is -3.43. The van der Waals surface area contributed by atoms with E-state index in [1.165, 1.54) is 6.92 Å². The molecule has 1 fully saturated rings. The van der Waals surface area contributed by atoms with Crippen LogP contribution in [0.15, 0.2) is 21.9 Å². The molecule has 0 aliphatic carbocycles. The van der Waals surface area contributed by atoms with Crippen LogP contribution in [0.3, 0.4) is 0 Å². The van der Waals surface area contributed by atoms with Gasteiger partial charge in [0.25, 0.3) is 5.56 Å². The van der Waals surface area contributed by atoms with Crippen LogP contribution in [0.5, 0.6) is 0 Å². The van der Waals surface area contributed by atoms with Crippen molar-refractivity contribution in [3.05, 3.63) is 33.1 Å². The van der Waals surface area contributed by atoms with Crippen LogP contribution in [-0.2, 0) is 41.9 Å². The number of H-pyrrole nitrogens is 1. The fourth-order valence-corrected chi connectivity index (χ4v) is 3.90. The molecule has 16 heteroatoms. The van der Waals surface area contributed by atoms with Crippen molar-refractivity contribution < 1.29 is 52.1 Å². The fraction of sp³-hybridized carbons (Fsp3) is 0.727. The van der Waals surface area contributed by atoms with Gasteiger partial charge in [-0.15, -0.1) is 0 Å². The molecule has 0 unspecified atom stereocenters. The van der Waals surface area contributed by atoms with E-state index in [0.29, 0.717) is 0 Å². The molecule has 0 amide bonds. The van der Waals surface area contributed by atoms with Crippen molar-refractivity contribution in [1.82, 2.24) is 9.55 Å². The molecule has 216 valence electrons. The molecule has 1 saturated heterocycles. The van der Waals surface area contributed by atoms with Crippen LogP contribution in [0.2, 0.25) is 0 Å². The maximum Gasteiger partial charge on any atom is 0.480 e. The van der Waals surface area contributed by atoms with E-state index in [2.05, 4.69) is 0 Å². The van der Waals surface area contributed by atoms with Gasteiger partial charge in [0, 0.05) is 12.3 Å². The summed E-state index contributed by atoms with van der Waals surface area (Å²) < 4.78 is 44.8. The summed E-state index contributed by atoms with van der Waals surface area (Å²) in [6.45, 7) is 8.31. The summed E-state index contributed by atoms with van der Waals surface area (Å²) >= 11 is 0. The number of aromatic nitrogens is 2. The molecule has 38 heavy (non-hydrogen) atoms. The maximum atomic E-state index is 13.2. The minimum atomic E-state index is -4.61. The molecular weight excluding hydrogens is 531 g/mol. The van der Waals surface area contributed by atoms with Gasteiger partial charge >= 0.3 is 25.5 Å². The van der Waals surface area contributed by atoms with Gasteiger partial charge in [-0.05, 0) is 48.5 Å². The van der Waals surface area contributed by atoms with Crippen molar-refractivity contribution >= 4 is 19.8 Å². The predicted molar refractivity (Wildman–Crippen MR) is 128 cm³/mol. The van der Waals surface area contributed by atoms with E-state index in [9.17, 15) is 34.0 Å². The highest BCUT2D eigenvalue weighted by Gasteiger charge is 2.54. The average Bonchev–Trinajstić information content (AvgIpc) is 3.00. The summed E-state index contributed by atoms with van der Waals surface area (Å²) in [4.78, 5) is 49.5. The minimum absolute atomic E-state index is 0.678. The Kier molecular flexibility index (Phi) is 9.87. The zero-order valence-corrected chi connectivity index (χ0v) is 23.2. The normalized spacial score (nSPS) is 24.3. The topological polar surface area (TPSA) is 202 Å². The lowest BCUT2D eigenvalue weighted by atomic mass is 9.96. The molecule has 2 rings (SSSR count). The quantitative estimate of drug-likeness (QED) is 0.204. The molecule has 3 N–H and O–H groups in total. The standard InChI is InChI=1S/C22H35N2O13P/c1-20(2,3)17(27)32-11-35-38(31,36-12-33-18(28)21(4,5)6)34-10-13-15(26)22(7,30)16(37-13)24-9-8-14(25)23-19(24)29/h8-9,13,15-16,26,30H,10-12H2,1-7H3,(H,23,25,29)/t13-,15-,16-,22-/m1/s1. The summed E-state index contributed by atoms with van der Waals surface area (Å²) in [6, 6.07) is 1.02. The SMILES string of the molecule is CC(C)(C)C(=O)OCOP(=O)(OCOC(=O)C(C)(C)C)OC[C@H]1O[C@@H](n2ccc(=O)[nH]c2=O)[C@](C)(O)[C@@H]1O. The van der Waals surface area contributed by atoms with E-state index in [1.807, 2.05) is 4.98 Å². The first-order valence-electron chi connectivity index (χ1n) is 11.5. The lowest BCUT2D eigenvalue weighted by molar-refractivity contribution is -0.163. The number of rotatable bonds is 10. The molecule has 0 spiro atoms. The number of hydrogen-bond donors (Lipinski definition) is 3. The Hall–Kier alpha value is -2.39. The van der Waals surface area contributed by atoms with Crippen LogP contribution in [0, 0.1) is 10.8 Å². The van der Waals surface area contributed by atoms with E-state index in [4.69, 9.17) is 27.8 Å². The third-order valence-corrected chi connectivity index (χ3v) is 6.59. The first-order valence-corrected chi connectivity index (χ1v) is 13.0. The van der Waals surface area contributed by atoms with Crippen LogP contribution in [0.1, 0.15) is 54.7 Å². The van der Waals surface area contributed by atoms with Crippen molar-refractivity contribution in [2.45, 2.75) is 72.5 Å². The molecule has 1 aliphatic rings. The van der Waals surface area contributed by atoms with Gasteiger partial charge in [0.1, 0.15) is 17.8 Å². The van der Waals surface area contributed by atoms with Gasteiger partial charge in [-0.1, -0.05) is 0 Å². The van der Waals surface area contributed by atoms with Gasteiger partial charge in [0.2, 0.25) is 13.6 Å². The predicted octanol–water partition coefficient (Wildman–Crippen LogP) is 0.797. The summed E-state index contributed by atoms with van der Waals surface area (Å²) in [5.41, 5.74) is -5.42. The Morgan fingerprint density at radius 3 is 2.00 bits per heavy atom. The number of carbonyl (C=O) groups is 2. The number of aromatic amines is 1. The summed E-state index contributed by atoms with van der Waals surface area (Å²) in [7, 11) is -4.61. The number of nitrogens with one attached hydrogen (secondary N) is 1. The van der Waals surface area contributed by atoms with E-state index in [0.717, 1.165) is 16.8 Å². The van der Waals surface area contributed by atoms with E-state index in [1.54, 1.807) is 41.5 Å². The number of nitrogens with zero attached hydrogens (tertiary/aromatic N) is 1. The van der Waals surface area contributed by atoms with Gasteiger partial charge in [-0.25, -0.2) is 18.4 Å². The van der Waals surface area contributed by atoms with Crippen molar-refractivity contribution in [2.24, 2.45) is 10.8 Å². The Morgan fingerprint density at radius 2 is 1.55 bits per heavy atom. The van der Waals surface area contributed by atoms with Crippen molar-refractivity contribution in [3.63, 3.8) is 0 Å². The van der Waals surface area contributed by atoms with E-state index in [-0.39, 0.29) is 0 Å². The van der Waals surface area contributed by atoms with Crippen molar-refractivity contribution in [1.29, 1.82) is 0 Å². The third-order valence-electron chi connectivity index (χ3n) is 5.28. The van der Waals surface area contributed by atoms with Crippen LogP contribution in [0.25, 0.3) is 0 Å². The van der Waals surface area contributed by atoms with Crippen LogP contribution in [-0.4, -0.2) is 69.7 Å². The van der Waals surface area contributed by atoms with Gasteiger partial charge in [-0.2, -0.15) is 0 Å². The number of carbonyl (C=O) groups excluding carboxylic acids is 2. The molecule has 1 aromatic heterocycles. The molecule has 0 aromatic carbocycles. The number of aliphatic hydroxyl groups is 2. The highest BCUT2D eigenvalue weighted by molar-refractivity contribution is 7.48. The largest absolute Gasteiger partial charge is 0.480 e. The summed E-state index contributed by atoms with van der Waals surface area (Å²) in [5, 5.41) is 21.4. The number of phosphoric acid groups is 1. The molecule has 0 bridgehead atoms. The average molecular weight is 566 g/mol. The Bertz CT molecular complexity index is 1130. The molecular formula is C22H35N2O13P. The second-order valence-electron chi connectivity index (χ2n) is 10.8. The van der Waals surface area contributed by atoms with E-state index >= 15 is 0 Å². The first kappa shape index (κ1) is 31.8. The second kappa shape index (κ2) is 11.8. The minimum Gasteiger partial charge on any atom is -0.437 e. The Balaban J connectivity index is 2.14. The first-order chi connectivity index (χ1) is 17.3. The van der Waals surface area contributed by atoms with Crippen LogP contribution >= 0.6 is 7.82 Å². The Morgan fingerprint density at radius 1 is 1.05 bits per heavy atom. The van der Waals surface area contributed by atoms with E-state index < -0.39 is 86.1 Å². The molecule has 15 nitrogen and oxygen atoms in total. The second-order valence-corrected chi connectivity index (χ2v) is 12.5. The fourth-order valence-electron chi connectivity index (χ4n) is 2.99. The van der Waals surface area contributed by atoms with Crippen LogP contribution < -0.4 is 11.2 Å². The highest BCUT2D eigenvalue weighted by atomic mass is 31.2. The lowest BCUT2D eigenvalue weighted by Crippen LogP contribution is -2.46. The summed E-state index contributed by atoms with van der Waals surface area (Å²) in [5.74, 6) is -1.36.